The van der Waals surface area contributed by atoms with Crippen molar-refractivity contribution >= 4 is 44.5 Å². The van der Waals surface area contributed by atoms with Gasteiger partial charge in [-0.3, -0.25) is 4.79 Å². The van der Waals surface area contributed by atoms with Gasteiger partial charge in [0.1, 0.15) is 16.5 Å². The number of nitrogens with one attached hydrogen (secondary N) is 1. The molecule has 1 amide bonds. The van der Waals surface area contributed by atoms with Crippen molar-refractivity contribution in [3.8, 4) is 12.1 Å². The van der Waals surface area contributed by atoms with Crippen molar-refractivity contribution in [3.63, 3.8) is 0 Å². The fraction of sp³-hybridized carbons (Fsp3) is 0. The summed E-state index contributed by atoms with van der Waals surface area (Å²) in [6, 6.07) is 11.9. The maximum absolute atomic E-state index is 12.4. The lowest BCUT2D eigenvalue weighted by Gasteiger charge is -2.04. The molecular formula is C16H10N6OS. The summed E-state index contributed by atoms with van der Waals surface area (Å²) in [6.45, 7) is 0. The van der Waals surface area contributed by atoms with Crippen LogP contribution in [0.5, 0.6) is 0 Å². The van der Waals surface area contributed by atoms with Crippen LogP contribution in [0, 0.1) is 22.7 Å². The molecule has 7 nitrogen and oxygen atoms in total. The fourth-order valence-electron chi connectivity index (χ4n) is 2.13. The van der Waals surface area contributed by atoms with Gasteiger partial charge in [0.15, 0.2) is 5.69 Å². The topological polar surface area (TPSA) is 142 Å². The van der Waals surface area contributed by atoms with Gasteiger partial charge in [-0.25, -0.2) is 4.98 Å². The van der Waals surface area contributed by atoms with E-state index < -0.39 is 5.91 Å². The summed E-state index contributed by atoms with van der Waals surface area (Å²) in [7, 11) is 0. The van der Waals surface area contributed by atoms with Crippen LogP contribution in [0.15, 0.2) is 30.3 Å². The van der Waals surface area contributed by atoms with Gasteiger partial charge in [0.25, 0.3) is 5.91 Å². The van der Waals surface area contributed by atoms with Crippen molar-refractivity contribution in [1.82, 2.24) is 4.98 Å². The molecule has 3 aromatic rings. The Morgan fingerprint density at radius 2 is 1.88 bits per heavy atom. The number of rotatable bonds is 2. The van der Waals surface area contributed by atoms with E-state index in [-0.39, 0.29) is 21.9 Å². The third kappa shape index (κ3) is 2.58. The second-order valence-electron chi connectivity index (χ2n) is 4.87. The van der Waals surface area contributed by atoms with Gasteiger partial charge in [-0.1, -0.05) is 0 Å². The van der Waals surface area contributed by atoms with Gasteiger partial charge < -0.3 is 16.8 Å². The van der Waals surface area contributed by atoms with Gasteiger partial charge in [-0.15, -0.1) is 11.3 Å². The quantitative estimate of drug-likeness (QED) is 0.657. The molecule has 0 saturated carbocycles. The minimum Gasteiger partial charge on any atom is -0.396 e. The van der Waals surface area contributed by atoms with E-state index in [9.17, 15) is 4.79 Å². The summed E-state index contributed by atoms with van der Waals surface area (Å²) < 4.78 is 0.633. The van der Waals surface area contributed by atoms with Gasteiger partial charge >= 0.3 is 0 Å². The summed E-state index contributed by atoms with van der Waals surface area (Å²) in [5, 5.41) is 20.5. The van der Waals surface area contributed by atoms with Crippen LogP contribution in [0.1, 0.15) is 20.9 Å². The molecule has 116 valence electrons. The maximum atomic E-state index is 12.4. The fourth-order valence-corrected chi connectivity index (χ4v) is 3.14. The molecule has 0 aliphatic heterocycles. The molecule has 0 atom stereocenters. The predicted octanol–water partition coefficient (Wildman–Crippen LogP) is 2.46. The summed E-state index contributed by atoms with van der Waals surface area (Å²) >= 11 is 1.15. The van der Waals surface area contributed by atoms with Crippen LogP contribution >= 0.6 is 11.3 Å². The summed E-state index contributed by atoms with van der Waals surface area (Å²) in [6.07, 6.45) is 0. The Hall–Kier alpha value is -3.62. The highest BCUT2D eigenvalue weighted by atomic mass is 32.1. The number of anilines is 3. The number of nitriles is 2. The van der Waals surface area contributed by atoms with Crippen LogP contribution in [-0.2, 0) is 0 Å². The van der Waals surface area contributed by atoms with Gasteiger partial charge in [0.2, 0.25) is 0 Å². The Labute approximate surface area is 140 Å². The number of carbonyl (C=O) groups is 1. The van der Waals surface area contributed by atoms with E-state index in [0.29, 0.717) is 21.5 Å². The first kappa shape index (κ1) is 15.3. The molecule has 0 radical (unpaired) electrons. The molecule has 0 fully saturated rings. The number of pyridine rings is 1. The van der Waals surface area contributed by atoms with E-state index in [1.165, 1.54) is 0 Å². The van der Waals surface area contributed by atoms with Crippen molar-refractivity contribution in [2.75, 3.05) is 16.8 Å². The molecule has 8 heteroatoms. The van der Waals surface area contributed by atoms with Crippen molar-refractivity contribution in [1.29, 1.82) is 10.5 Å². The van der Waals surface area contributed by atoms with Gasteiger partial charge in [0, 0.05) is 5.69 Å². The number of amides is 1. The second-order valence-corrected chi connectivity index (χ2v) is 5.93. The van der Waals surface area contributed by atoms with Crippen LogP contribution in [-0.4, -0.2) is 10.9 Å². The third-order valence-electron chi connectivity index (χ3n) is 3.31. The maximum Gasteiger partial charge on any atom is 0.267 e. The number of nitrogens with zero attached hydrogens (tertiary/aromatic N) is 3. The first-order chi connectivity index (χ1) is 11.5. The van der Waals surface area contributed by atoms with Crippen LogP contribution in [0.3, 0.4) is 0 Å². The van der Waals surface area contributed by atoms with Crippen LogP contribution in [0.4, 0.5) is 17.1 Å². The standard InChI is InChI=1S/C16H10N6OS/c17-6-8-1-3-9(4-2-8)21-16(23)15-13(20)14-12(24-15)5-10(19)11(7-18)22-14/h1-5H,19-20H2,(H,21,23). The van der Waals surface area contributed by atoms with Gasteiger partial charge in [0.05, 0.1) is 27.7 Å². The molecular weight excluding hydrogens is 324 g/mol. The molecule has 24 heavy (non-hydrogen) atoms. The zero-order valence-corrected chi connectivity index (χ0v) is 13.0. The molecule has 2 heterocycles. The number of aromatic nitrogens is 1. The van der Waals surface area contributed by atoms with E-state index in [2.05, 4.69) is 10.3 Å². The number of hydrogen-bond donors (Lipinski definition) is 3. The van der Waals surface area contributed by atoms with Crippen LogP contribution in [0.2, 0.25) is 0 Å². The highest BCUT2D eigenvalue weighted by Crippen LogP contribution is 2.34. The molecule has 0 aliphatic carbocycles. The van der Waals surface area contributed by atoms with Crippen molar-refractivity contribution in [2.45, 2.75) is 0 Å². The molecule has 0 unspecified atom stereocenters. The molecule has 2 aromatic heterocycles. The number of thiophene rings is 1. The molecule has 0 saturated heterocycles. The summed E-state index contributed by atoms with van der Waals surface area (Å²) in [4.78, 5) is 16.8. The minimum atomic E-state index is -0.391. The Balaban J connectivity index is 1.96. The Morgan fingerprint density at radius 1 is 1.17 bits per heavy atom. The number of carbonyl (C=O) groups excluding carboxylic acids is 1. The zero-order chi connectivity index (χ0) is 17.3. The minimum absolute atomic E-state index is 0.0750. The number of nitrogens with two attached hydrogens (primary N) is 2. The number of fused-ring (bicyclic) bond motifs is 1. The summed E-state index contributed by atoms with van der Waals surface area (Å²) in [5.74, 6) is -0.391. The van der Waals surface area contributed by atoms with Gasteiger partial charge in [-0.05, 0) is 30.3 Å². The average molecular weight is 334 g/mol. The molecule has 1 aromatic carbocycles. The van der Waals surface area contributed by atoms with E-state index in [1.807, 2.05) is 12.1 Å². The smallest absolute Gasteiger partial charge is 0.267 e. The largest absolute Gasteiger partial charge is 0.396 e. The second kappa shape index (κ2) is 5.88. The first-order valence-electron chi connectivity index (χ1n) is 6.73. The number of hydrogen-bond acceptors (Lipinski definition) is 7. The Morgan fingerprint density at radius 3 is 2.50 bits per heavy atom. The van der Waals surface area contributed by atoms with E-state index in [4.69, 9.17) is 22.0 Å². The lowest BCUT2D eigenvalue weighted by atomic mass is 10.2. The van der Waals surface area contributed by atoms with E-state index >= 15 is 0 Å². The lowest BCUT2D eigenvalue weighted by Crippen LogP contribution is -2.11. The molecule has 0 spiro atoms. The predicted molar refractivity (Wildman–Crippen MR) is 92.3 cm³/mol. The van der Waals surface area contributed by atoms with Crippen molar-refractivity contribution in [3.05, 3.63) is 46.5 Å². The van der Waals surface area contributed by atoms with Crippen LogP contribution < -0.4 is 16.8 Å². The molecule has 0 bridgehead atoms. The zero-order valence-electron chi connectivity index (χ0n) is 12.2. The molecule has 5 N–H and O–H groups in total. The van der Waals surface area contributed by atoms with E-state index in [0.717, 1.165) is 11.3 Å². The average Bonchev–Trinajstić information content (AvgIpc) is 2.90. The van der Waals surface area contributed by atoms with Gasteiger partial charge in [-0.2, -0.15) is 10.5 Å². The number of nitrogen functional groups attached to an aromatic ring is 2. The lowest BCUT2D eigenvalue weighted by molar-refractivity contribution is 0.103. The van der Waals surface area contributed by atoms with Crippen molar-refractivity contribution < 1.29 is 4.79 Å². The first-order valence-corrected chi connectivity index (χ1v) is 7.55. The normalized spacial score (nSPS) is 10.1. The van der Waals surface area contributed by atoms with E-state index in [1.54, 1.807) is 30.3 Å². The molecule has 3 rings (SSSR count). The molecule has 0 aliphatic rings. The summed E-state index contributed by atoms with van der Waals surface area (Å²) in [5.41, 5.74) is 13.7. The highest BCUT2D eigenvalue weighted by Gasteiger charge is 2.19. The third-order valence-corrected chi connectivity index (χ3v) is 4.45. The number of benzene rings is 1. The van der Waals surface area contributed by atoms with Crippen LogP contribution in [0.25, 0.3) is 10.2 Å². The SMILES string of the molecule is N#Cc1ccc(NC(=O)c2sc3cc(N)c(C#N)nc3c2N)cc1. The Bertz CT molecular complexity index is 1040. The van der Waals surface area contributed by atoms with Crippen molar-refractivity contribution in [2.24, 2.45) is 0 Å². The highest BCUT2D eigenvalue weighted by molar-refractivity contribution is 7.21. The Kier molecular flexibility index (Phi) is 3.74. The monoisotopic (exact) mass is 334 g/mol.